The lowest BCUT2D eigenvalue weighted by Gasteiger charge is -2.20. The molecular weight excluding hydrogens is 234 g/mol. The topological polar surface area (TPSA) is 32.3 Å². The first-order valence-corrected chi connectivity index (χ1v) is 6.93. The SMILES string of the molecule is O[C@H]1CCC[C@@H]1Nc1ccccc1-c1ccccc1. The van der Waals surface area contributed by atoms with E-state index in [0.29, 0.717) is 0 Å². The van der Waals surface area contributed by atoms with E-state index in [9.17, 15) is 5.11 Å². The van der Waals surface area contributed by atoms with Gasteiger partial charge in [-0.1, -0.05) is 48.5 Å². The van der Waals surface area contributed by atoms with Crippen LogP contribution in [0.25, 0.3) is 11.1 Å². The Bertz CT molecular complexity index is 538. The average Bonchev–Trinajstić information content (AvgIpc) is 2.86. The monoisotopic (exact) mass is 253 g/mol. The van der Waals surface area contributed by atoms with Crippen molar-refractivity contribution in [1.29, 1.82) is 0 Å². The van der Waals surface area contributed by atoms with Gasteiger partial charge in [-0.25, -0.2) is 0 Å². The molecule has 2 atom stereocenters. The van der Waals surface area contributed by atoms with E-state index >= 15 is 0 Å². The molecule has 0 bridgehead atoms. The van der Waals surface area contributed by atoms with Crippen molar-refractivity contribution >= 4 is 5.69 Å². The Kier molecular flexibility index (Phi) is 3.51. The molecule has 0 amide bonds. The van der Waals surface area contributed by atoms with Gasteiger partial charge in [0.1, 0.15) is 0 Å². The highest BCUT2D eigenvalue weighted by Crippen LogP contribution is 2.30. The highest BCUT2D eigenvalue weighted by Gasteiger charge is 2.25. The minimum absolute atomic E-state index is 0.185. The number of anilines is 1. The van der Waals surface area contributed by atoms with E-state index in [1.807, 2.05) is 12.1 Å². The van der Waals surface area contributed by atoms with Crippen molar-refractivity contribution in [2.45, 2.75) is 31.4 Å². The summed E-state index contributed by atoms with van der Waals surface area (Å²) in [5.74, 6) is 0. The van der Waals surface area contributed by atoms with Gasteiger partial charge in [0.2, 0.25) is 0 Å². The third kappa shape index (κ3) is 2.64. The quantitative estimate of drug-likeness (QED) is 0.874. The highest BCUT2D eigenvalue weighted by atomic mass is 16.3. The maximum atomic E-state index is 9.95. The van der Waals surface area contributed by atoms with Crippen LogP contribution in [0.3, 0.4) is 0 Å². The summed E-state index contributed by atoms with van der Waals surface area (Å²) < 4.78 is 0. The van der Waals surface area contributed by atoms with Crippen LogP contribution in [0.2, 0.25) is 0 Å². The van der Waals surface area contributed by atoms with Crippen molar-refractivity contribution in [3.8, 4) is 11.1 Å². The van der Waals surface area contributed by atoms with Gasteiger partial charge in [0, 0.05) is 11.3 Å². The number of para-hydroxylation sites is 1. The van der Waals surface area contributed by atoms with Crippen LogP contribution in [0, 0.1) is 0 Å². The first-order chi connectivity index (χ1) is 9.34. The summed E-state index contributed by atoms with van der Waals surface area (Å²) in [6.07, 6.45) is 2.84. The molecule has 1 fully saturated rings. The van der Waals surface area contributed by atoms with Gasteiger partial charge in [0.15, 0.2) is 0 Å². The fourth-order valence-corrected chi connectivity index (χ4v) is 2.79. The van der Waals surface area contributed by atoms with Gasteiger partial charge in [-0.3, -0.25) is 0 Å². The molecule has 19 heavy (non-hydrogen) atoms. The van der Waals surface area contributed by atoms with Gasteiger partial charge >= 0.3 is 0 Å². The number of aliphatic hydroxyl groups excluding tert-OH is 1. The minimum atomic E-state index is -0.219. The Labute approximate surface area is 114 Å². The van der Waals surface area contributed by atoms with Crippen LogP contribution >= 0.6 is 0 Å². The molecule has 2 aromatic rings. The van der Waals surface area contributed by atoms with Gasteiger partial charge in [-0.2, -0.15) is 0 Å². The fraction of sp³-hybridized carbons (Fsp3) is 0.294. The molecule has 3 rings (SSSR count). The molecule has 0 aliphatic heterocycles. The summed E-state index contributed by atoms with van der Waals surface area (Å²) in [6, 6.07) is 18.9. The minimum Gasteiger partial charge on any atom is -0.391 e. The molecule has 2 heteroatoms. The first-order valence-electron chi connectivity index (χ1n) is 6.93. The lowest BCUT2D eigenvalue weighted by Crippen LogP contribution is -2.28. The molecule has 0 saturated heterocycles. The van der Waals surface area contributed by atoms with Crippen LogP contribution in [-0.4, -0.2) is 17.3 Å². The molecule has 2 aromatic carbocycles. The number of hydrogen-bond acceptors (Lipinski definition) is 2. The second-order valence-corrected chi connectivity index (χ2v) is 5.16. The van der Waals surface area contributed by atoms with Gasteiger partial charge in [-0.05, 0) is 30.9 Å². The number of benzene rings is 2. The number of aliphatic hydroxyl groups is 1. The van der Waals surface area contributed by atoms with Gasteiger partial charge < -0.3 is 10.4 Å². The third-order valence-electron chi connectivity index (χ3n) is 3.83. The summed E-state index contributed by atoms with van der Waals surface area (Å²) >= 11 is 0. The Hall–Kier alpha value is -1.80. The van der Waals surface area contributed by atoms with Crippen molar-refractivity contribution < 1.29 is 5.11 Å². The smallest absolute Gasteiger partial charge is 0.0741 e. The van der Waals surface area contributed by atoms with Gasteiger partial charge in [-0.15, -0.1) is 0 Å². The Morgan fingerprint density at radius 1 is 0.895 bits per heavy atom. The molecule has 0 spiro atoms. The van der Waals surface area contributed by atoms with E-state index in [4.69, 9.17) is 0 Å². The maximum absolute atomic E-state index is 9.95. The first kappa shape index (κ1) is 12.2. The Balaban J connectivity index is 1.89. The molecule has 2 N–H and O–H groups in total. The predicted molar refractivity (Wildman–Crippen MR) is 79.1 cm³/mol. The zero-order valence-electron chi connectivity index (χ0n) is 10.9. The zero-order chi connectivity index (χ0) is 13.1. The summed E-state index contributed by atoms with van der Waals surface area (Å²) in [6.45, 7) is 0. The third-order valence-corrected chi connectivity index (χ3v) is 3.83. The zero-order valence-corrected chi connectivity index (χ0v) is 10.9. The van der Waals surface area contributed by atoms with E-state index < -0.39 is 0 Å². The lowest BCUT2D eigenvalue weighted by molar-refractivity contribution is 0.172. The maximum Gasteiger partial charge on any atom is 0.0741 e. The standard InChI is InChI=1S/C17H19NO/c19-17-12-6-11-16(17)18-15-10-5-4-9-14(15)13-7-2-1-3-8-13/h1-5,7-10,16-19H,6,11-12H2/t16-,17-/m0/s1. The molecule has 2 nitrogen and oxygen atoms in total. The van der Waals surface area contributed by atoms with Crippen molar-refractivity contribution in [2.24, 2.45) is 0 Å². The van der Waals surface area contributed by atoms with Crippen LogP contribution in [0.15, 0.2) is 54.6 Å². The molecule has 98 valence electrons. The van der Waals surface area contributed by atoms with E-state index in [0.717, 1.165) is 24.9 Å². The van der Waals surface area contributed by atoms with Crippen molar-refractivity contribution in [3.05, 3.63) is 54.6 Å². The van der Waals surface area contributed by atoms with Crippen LogP contribution in [0.5, 0.6) is 0 Å². The summed E-state index contributed by atoms with van der Waals surface area (Å²) in [5.41, 5.74) is 3.51. The normalized spacial score (nSPS) is 22.4. The number of rotatable bonds is 3. The van der Waals surface area contributed by atoms with Crippen molar-refractivity contribution in [2.75, 3.05) is 5.32 Å². The lowest BCUT2D eigenvalue weighted by atomic mass is 10.0. The summed E-state index contributed by atoms with van der Waals surface area (Å²) in [7, 11) is 0. The number of hydrogen-bond donors (Lipinski definition) is 2. The van der Waals surface area contributed by atoms with Crippen LogP contribution in [-0.2, 0) is 0 Å². The van der Waals surface area contributed by atoms with E-state index in [1.165, 1.54) is 11.1 Å². The molecular formula is C17H19NO. The molecule has 0 radical (unpaired) electrons. The Morgan fingerprint density at radius 2 is 1.63 bits per heavy atom. The summed E-state index contributed by atoms with van der Waals surface area (Å²) in [5, 5.41) is 13.5. The second-order valence-electron chi connectivity index (χ2n) is 5.16. The molecule has 1 aliphatic rings. The van der Waals surface area contributed by atoms with Crippen LogP contribution < -0.4 is 5.32 Å². The molecule has 0 aromatic heterocycles. The predicted octanol–water partition coefficient (Wildman–Crippen LogP) is 3.68. The molecule has 0 heterocycles. The average molecular weight is 253 g/mol. The largest absolute Gasteiger partial charge is 0.391 e. The van der Waals surface area contributed by atoms with E-state index in [2.05, 4.69) is 47.8 Å². The van der Waals surface area contributed by atoms with Gasteiger partial charge in [0.05, 0.1) is 12.1 Å². The van der Waals surface area contributed by atoms with Crippen molar-refractivity contribution in [3.63, 3.8) is 0 Å². The number of nitrogens with one attached hydrogen (secondary N) is 1. The molecule has 0 unspecified atom stereocenters. The van der Waals surface area contributed by atoms with E-state index in [-0.39, 0.29) is 12.1 Å². The fourth-order valence-electron chi connectivity index (χ4n) is 2.79. The molecule has 1 saturated carbocycles. The van der Waals surface area contributed by atoms with E-state index in [1.54, 1.807) is 0 Å². The van der Waals surface area contributed by atoms with Crippen molar-refractivity contribution in [1.82, 2.24) is 0 Å². The second kappa shape index (κ2) is 5.45. The Morgan fingerprint density at radius 3 is 2.37 bits per heavy atom. The van der Waals surface area contributed by atoms with Crippen LogP contribution in [0.4, 0.5) is 5.69 Å². The molecule has 1 aliphatic carbocycles. The van der Waals surface area contributed by atoms with Gasteiger partial charge in [0.25, 0.3) is 0 Å². The highest BCUT2D eigenvalue weighted by molar-refractivity contribution is 5.77. The summed E-state index contributed by atoms with van der Waals surface area (Å²) in [4.78, 5) is 0. The van der Waals surface area contributed by atoms with Crippen LogP contribution in [0.1, 0.15) is 19.3 Å².